The number of amides is 1. The van der Waals surface area contributed by atoms with Crippen LogP contribution in [0.4, 0.5) is 5.95 Å². The van der Waals surface area contributed by atoms with Crippen LogP contribution in [0.5, 0.6) is 0 Å². The van der Waals surface area contributed by atoms with Gasteiger partial charge in [0.25, 0.3) is 0 Å². The van der Waals surface area contributed by atoms with Gasteiger partial charge in [0, 0.05) is 11.3 Å². The maximum Gasteiger partial charge on any atom is 0.241 e. The Morgan fingerprint density at radius 2 is 2.22 bits per heavy atom. The van der Waals surface area contributed by atoms with Crippen LogP contribution in [0.25, 0.3) is 0 Å². The molecule has 0 aromatic carbocycles. The molecule has 0 spiro atoms. The Bertz CT molecular complexity index is 380. The number of rotatable bonds is 7. The van der Waals surface area contributed by atoms with Crippen molar-refractivity contribution in [3.8, 4) is 0 Å². The monoisotopic (exact) mass is 271 g/mol. The van der Waals surface area contributed by atoms with E-state index in [1.807, 2.05) is 0 Å². The molecule has 0 aliphatic carbocycles. The summed E-state index contributed by atoms with van der Waals surface area (Å²) in [7, 11) is 0. The third kappa shape index (κ3) is 3.90. The lowest BCUT2D eigenvalue weighted by atomic mass is 10.0. The van der Waals surface area contributed by atoms with E-state index in [-0.39, 0.29) is 23.1 Å². The Morgan fingerprint density at radius 3 is 2.67 bits per heavy atom. The predicted octanol–water partition coefficient (Wildman–Crippen LogP) is 0.898. The Labute approximate surface area is 112 Å². The Morgan fingerprint density at radius 1 is 1.56 bits per heavy atom. The summed E-state index contributed by atoms with van der Waals surface area (Å²) < 4.78 is 1.56. The molecule has 1 amide bonds. The van der Waals surface area contributed by atoms with E-state index in [0.717, 1.165) is 12.8 Å². The molecule has 6 nitrogen and oxygen atoms in total. The van der Waals surface area contributed by atoms with Gasteiger partial charge in [0.1, 0.15) is 12.9 Å². The molecule has 1 heterocycles. The fraction of sp³-hybridized carbons (Fsp3) is 0.727. The maximum atomic E-state index is 11.8. The van der Waals surface area contributed by atoms with Crippen molar-refractivity contribution < 1.29 is 4.79 Å². The largest absolute Gasteiger partial charge is 0.367 e. The van der Waals surface area contributed by atoms with Crippen LogP contribution in [0.2, 0.25) is 0 Å². The SMILES string of the molecule is CCC(CC)(CNC(=O)Cn1cnc(N)n1)SC. The summed E-state index contributed by atoms with van der Waals surface area (Å²) in [6.45, 7) is 5.11. The zero-order valence-corrected chi connectivity index (χ0v) is 12.0. The second kappa shape index (κ2) is 6.63. The summed E-state index contributed by atoms with van der Waals surface area (Å²) in [4.78, 5) is 15.5. The minimum atomic E-state index is -0.0692. The summed E-state index contributed by atoms with van der Waals surface area (Å²) in [5, 5.41) is 6.82. The van der Waals surface area contributed by atoms with Crippen LogP contribution in [0, 0.1) is 0 Å². The molecule has 102 valence electrons. The minimum Gasteiger partial charge on any atom is -0.367 e. The van der Waals surface area contributed by atoms with Gasteiger partial charge in [-0.1, -0.05) is 13.8 Å². The summed E-state index contributed by atoms with van der Waals surface area (Å²) >= 11 is 1.80. The number of aromatic nitrogens is 3. The quantitative estimate of drug-likeness (QED) is 0.769. The highest BCUT2D eigenvalue weighted by Crippen LogP contribution is 2.29. The van der Waals surface area contributed by atoms with E-state index >= 15 is 0 Å². The summed E-state index contributed by atoms with van der Waals surface area (Å²) in [6, 6.07) is 0. The number of carbonyl (C=O) groups is 1. The van der Waals surface area contributed by atoms with Crippen LogP contribution in [0.3, 0.4) is 0 Å². The van der Waals surface area contributed by atoms with Crippen LogP contribution in [0.1, 0.15) is 26.7 Å². The second-order valence-corrected chi connectivity index (χ2v) is 5.45. The highest BCUT2D eigenvalue weighted by atomic mass is 32.2. The number of anilines is 1. The molecular formula is C11H21N5OS. The Balaban J connectivity index is 2.45. The smallest absolute Gasteiger partial charge is 0.241 e. The summed E-state index contributed by atoms with van der Waals surface area (Å²) in [5.41, 5.74) is 5.38. The first-order chi connectivity index (χ1) is 8.55. The molecule has 0 fully saturated rings. The van der Waals surface area contributed by atoms with Crippen LogP contribution in [0.15, 0.2) is 6.33 Å². The number of nitrogen functional groups attached to an aromatic ring is 1. The number of nitrogens with zero attached hydrogens (tertiary/aromatic N) is 3. The molecule has 0 aliphatic rings. The van der Waals surface area contributed by atoms with Gasteiger partial charge in [-0.3, -0.25) is 4.79 Å². The molecule has 7 heteroatoms. The van der Waals surface area contributed by atoms with E-state index < -0.39 is 0 Å². The number of hydrogen-bond donors (Lipinski definition) is 2. The van der Waals surface area contributed by atoms with Gasteiger partial charge >= 0.3 is 0 Å². The number of carbonyl (C=O) groups excluding carboxylic acids is 1. The van der Waals surface area contributed by atoms with Gasteiger partial charge in [0.15, 0.2) is 0 Å². The van der Waals surface area contributed by atoms with Crippen molar-refractivity contribution in [2.24, 2.45) is 0 Å². The fourth-order valence-corrected chi connectivity index (χ4v) is 2.50. The molecule has 0 aliphatic heterocycles. The Hall–Kier alpha value is -1.24. The van der Waals surface area contributed by atoms with Crippen LogP contribution in [-0.4, -0.2) is 38.2 Å². The molecule has 0 bridgehead atoms. The van der Waals surface area contributed by atoms with E-state index in [4.69, 9.17) is 5.73 Å². The molecular weight excluding hydrogens is 250 g/mol. The lowest BCUT2D eigenvalue weighted by Crippen LogP contribution is -2.40. The van der Waals surface area contributed by atoms with Crippen molar-refractivity contribution >= 4 is 23.6 Å². The van der Waals surface area contributed by atoms with Gasteiger partial charge in [0.2, 0.25) is 11.9 Å². The lowest BCUT2D eigenvalue weighted by Gasteiger charge is -2.29. The highest BCUT2D eigenvalue weighted by Gasteiger charge is 2.25. The fourth-order valence-electron chi connectivity index (χ4n) is 1.71. The molecule has 0 radical (unpaired) electrons. The summed E-state index contributed by atoms with van der Waals surface area (Å²) in [6.07, 6.45) is 5.59. The zero-order chi connectivity index (χ0) is 13.6. The van der Waals surface area contributed by atoms with Crippen LogP contribution in [-0.2, 0) is 11.3 Å². The normalized spacial score (nSPS) is 11.5. The predicted molar refractivity (Wildman–Crippen MR) is 74.3 cm³/mol. The third-order valence-electron chi connectivity index (χ3n) is 3.19. The van der Waals surface area contributed by atoms with Crippen LogP contribution < -0.4 is 11.1 Å². The van der Waals surface area contributed by atoms with Crippen molar-refractivity contribution in [1.82, 2.24) is 20.1 Å². The molecule has 3 N–H and O–H groups in total. The van der Waals surface area contributed by atoms with E-state index in [2.05, 4.69) is 35.5 Å². The Kier molecular flexibility index (Phi) is 5.46. The molecule has 1 rings (SSSR count). The van der Waals surface area contributed by atoms with Crippen molar-refractivity contribution in [2.45, 2.75) is 38.0 Å². The van der Waals surface area contributed by atoms with Crippen molar-refractivity contribution in [3.05, 3.63) is 6.33 Å². The number of hydrogen-bond acceptors (Lipinski definition) is 5. The highest BCUT2D eigenvalue weighted by molar-refractivity contribution is 8.00. The van der Waals surface area contributed by atoms with Gasteiger partial charge < -0.3 is 11.1 Å². The zero-order valence-electron chi connectivity index (χ0n) is 11.1. The first kappa shape index (κ1) is 14.8. The third-order valence-corrected chi connectivity index (χ3v) is 4.78. The molecule has 18 heavy (non-hydrogen) atoms. The van der Waals surface area contributed by atoms with E-state index in [0.29, 0.717) is 6.54 Å². The molecule has 0 atom stereocenters. The average Bonchev–Trinajstić information content (AvgIpc) is 2.77. The van der Waals surface area contributed by atoms with Gasteiger partial charge in [0.05, 0.1) is 0 Å². The lowest BCUT2D eigenvalue weighted by molar-refractivity contribution is -0.121. The molecule has 1 aromatic heterocycles. The number of nitrogens with two attached hydrogens (primary N) is 1. The maximum absolute atomic E-state index is 11.8. The topological polar surface area (TPSA) is 85.8 Å². The first-order valence-corrected chi connectivity index (χ1v) is 7.24. The van der Waals surface area contributed by atoms with Gasteiger partial charge in [-0.2, -0.15) is 11.8 Å². The second-order valence-electron chi connectivity index (χ2n) is 4.17. The molecule has 0 saturated heterocycles. The first-order valence-electron chi connectivity index (χ1n) is 6.02. The van der Waals surface area contributed by atoms with Crippen LogP contribution >= 0.6 is 11.8 Å². The van der Waals surface area contributed by atoms with Crippen molar-refractivity contribution in [3.63, 3.8) is 0 Å². The molecule has 0 unspecified atom stereocenters. The van der Waals surface area contributed by atoms with E-state index in [9.17, 15) is 4.79 Å². The standard InChI is InChI=1S/C11H21N5OS/c1-4-11(5-2,18-3)7-13-9(17)6-16-8-14-10(12)15-16/h8H,4-7H2,1-3H3,(H2,12,15)(H,13,17). The summed E-state index contributed by atoms with van der Waals surface area (Å²) in [5.74, 6) is 0.114. The minimum absolute atomic E-state index is 0.0692. The van der Waals surface area contributed by atoms with Gasteiger partial charge in [-0.25, -0.2) is 9.67 Å². The van der Waals surface area contributed by atoms with Crippen molar-refractivity contribution in [1.29, 1.82) is 0 Å². The van der Waals surface area contributed by atoms with E-state index in [1.165, 1.54) is 11.0 Å². The van der Waals surface area contributed by atoms with Gasteiger partial charge in [-0.15, -0.1) is 5.10 Å². The number of nitrogens with one attached hydrogen (secondary N) is 1. The molecule has 1 aromatic rings. The molecule has 0 saturated carbocycles. The number of thioether (sulfide) groups is 1. The van der Waals surface area contributed by atoms with E-state index in [1.54, 1.807) is 11.8 Å². The van der Waals surface area contributed by atoms with Gasteiger partial charge in [-0.05, 0) is 19.1 Å². The average molecular weight is 271 g/mol. The van der Waals surface area contributed by atoms with Crippen molar-refractivity contribution in [2.75, 3.05) is 18.5 Å².